The number of hydrogen-bond donors (Lipinski definition) is 0. The highest BCUT2D eigenvalue weighted by molar-refractivity contribution is 5.31. The summed E-state index contributed by atoms with van der Waals surface area (Å²) >= 11 is 0. The predicted molar refractivity (Wildman–Crippen MR) is 152 cm³/mol. The maximum atomic E-state index is 5.58. The third kappa shape index (κ3) is 8.60. The van der Waals surface area contributed by atoms with Gasteiger partial charge in [-0.05, 0) is 78.6 Å². The minimum atomic E-state index is 0.869. The van der Waals surface area contributed by atoms with Crippen molar-refractivity contribution in [2.24, 2.45) is 0 Å². The van der Waals surface area contributed by atoms with Gasteiger partial charge in [0, 0.05) is 0 Å². The molecule has 0 saturated heterocycles. The van der Waals surface area contributed by atoms with E-state index in [0.717, 1.165) is 17.9 Å². The summed E-state index contributed by atoms with van der Waals surface area (Å²) in [5.41, 5.74) is 5.89. The number of hydrogen-bond acceptors (Lipinski definition) is 1. The van der Waals surface area contributed by atoms with Crippen LogP contribution >= 0.6 is 0 Å². The van der Waals surface area contributed by atoms with Crippen molar-refractivity contribution in [3.05, 3.63) is 168 Å². The summed E-state index contributed by atoms with van der Waals surface area (Å²) in [4.78, 5) is 0. The number of aryl methyl sites for hydroxylation is 2. The van der Waals surface area contributed by atoms with Crippen molar-refractivity contribution in [2.75, 3.05) is 0 Å². The molecule has 5 aromatic rings. The molecular weight excluding hydrogens is 436 g/mol. The topological polar surface area (TPSA) is 9.23 Å². The lowest BCUT2D eigenvalue weighted by Crippen LogP contribution is -2.00. The van der Waals surface area contributed by atoms with E-state index in [0.29, 0.717) is 0 Å². The van der Waals surface area contributed by atoms with Crippen LogP contribution in [0.25, 0.3) is 0 Å². The summed E-state index contributed by atoms with van der Waals surface area (Å²) in [6.45, 7) is 0. The Kier molecular flexibility index (Phi) is 9.96. The Hall–Kier alpha value is -4.10. The van der Waals surface area contributed by atoms with Crippen molar-refractivity contribution < 1.29 is 4.74 Å². The second kappa shape index (κ2) is 14.3. The van der Waals surface area contributed by atoms with E-state index >= 15 is 0 Å². The molecule has 0 unspecified atom stereocenters. The molecule has 0 aromatic heterocycles. The zero-order valence-corrected chi connectivity index (χ0v) is 20.8. The molecule has 36 heavy (non-hydrogen) atoms. The molecule has 6 rings (SSSR count). The highest BCUT2D eigenvalue weighted by Crippen LogP contribution is 2.20. The molecule has 0 N–H and O–H groups in total. The molecule has 1 aliphatic carbocycles. The Morgan fingerprint density at radius 2 is 0.722 bits per heavy atom. The van der Waals surface area contributed by atoms with Crippen LogP contribution < -0.4 is 4.74 Å². The quantitative estimate of drug-likeness (QED) is 0.254. The van der Waals surface area contributed by atoms with Crippen LogP contribution in [0.3, 0.4) is 0 Å². The summed E-state index contributed by atoms with van der Waals surface area (Å²) < 4.78 is 5.58. The van der Waals surface area contributed by atoms with Crippen molar-refractivity contribution >= 4 is 0 Å². The van der Waals surface area contributed by atoms with Crippen LogP contribution in [0.5, 0.6) is 11.5 Å². The molecule has 0 fully saturated rings. The average Bonchev–Trinajstić information content (AvgIpc) is 2.96. The summed E-state index contributed by atoms with van der Waals surface area (Å²) in [5.74, 6) is 1.74. The Morgan fingerprint density at radius 1 is 0.389 bits per heavy atom. The van der Waals surface area contributed by atoms with Crippen molar-refractivity contribution in [1.82, 2.24) is 0 Å². The second-order valence-corrected chi connectivity index (χ2v) is 8.85. The maximum Gasteiger partial charge on any atom is 0.127 e. The van der Waals surface area contributed by atoms with E-state index in [1.807, 2.05) is 60.7 Å². The van der Waals surface area contributed by atoms with E-state index in [9.17, 15) is 0 Å². The predicted octanol–water partition coefficient (Wildman–Crippen LogP) is 9.32. The summed E-state index contributed by atoms with van der Waals surface area (Å²) in [5, 5.41) is 0. The minimum Gasteiger partial charge on any atom is -0.457 e. The van der Waals surface area contributed by atoms with E-state index in [1.165, 1.54) is 36.8 Å². The van der Waals surface area contributed by atoms with Gasteiger partial charge in [0.05, 0.1) is 0 Å². The van der Waals surface area contributed by atoms with Crippen LogP contribution in [-0.2, 0) is 19.3 Å². The van der Waals surface area contributed by atoms with Crippen LogP contribution in [0, 0.1) is 0 Å². The molecule has 0 heterocycles. The molecule has 1 nitrogen and oxygen atoms in total. The van der Waals surface area contributed by atoms with Crippen LogP contribution in [0.4, 0.5) is 0 Å². The molecule has 0 radical (unpaired) electrons. The molecule has 180 valence electrons. The van der Waals surface area contributed by atoms with Gasteiger partial charge in [-0.25, -0.2) is 0 Å². The van der Waals surface area contributed by atoms with Crippen molar-refractivity contribution in [1.29, 1.82) is 0 Å². The van der Waals surface area contributed by atoms with Gasteiger partial charge in [-0.1, -0.05) is 121 Å². The minimum absolute atomic E-state index is 0.869. The first-order valence-electron chi connectivity index (χ1n) is 12.8. The Labute approximate surface area is 216 Å². The van der Waals surface area contributed by atoms with Gasteiger partial charge in [0.25, 0.3) is 0 Å². The van der Waals surface area contributed by atoms with Crippen molar-refractivity contribution in [3.63, 3.8) is 0 Å². The van der Waals surface area contributed by atoms with E-state index in [-0.39, 0.29) is 0 Å². The highest BCUT2D eigenvalue weighted by Gasteiger charge is 2.06. The fourth-order valence-electron chi connectivity index (χ4n) is 4.22. The Morgan fingerprint density at radius 3 is 1.11 bits per heavy atom. The Balaban J connectivity index is 0.000000128. The van der Waals surface area contributed by atoms with Crippen molar-refractivity contribution in [3.8, 4) is 11.5 Å². The molecule has 5 aromatic carbocycles. The molecule has 0 atom stereocenters. The second-order valence-electron chi connectivity index (χ2n) is 8.85. The van der Waals surface area contributed by atoms with E-state index < -0.39 is 0 Å². The zero-order chi connectivity index (χ0) is 24.7. The fraction of sp³-hybridized carbons (Fsp3) is 0.143. The first kappa shape index (κ1) is 25.0. The van der Waals surface area contributed by atoms with Gasteiger partial charge in [-0.3, -0.25) is 0 Å². The molecule has 0 amide bonds. The van der Waals surface area contributed by atoms with Gasteiger partial charge in [0.1, 0.15) is 11.5 Å². The van der Waals surface area contributed by atoms with Gasteiger partial charge in [-0.15, -0.1) is 0 Å². The molecule has 1 aliphatic rings. The van der Waals surface area contributed by atoms with E-state index in [1.54, 1.807) is 11.1 Å². The third-order valence-electron chi connectivity index (χ3n) is 6.08. The zero-order valence-electron chi connectivity index (χ0n) is 20.8. The van der Waals surface area contributed by atoms with Crippen LogP contribution in [0.1, 0.15) is 35.1 Å². The molecule has 0 spiro atoms. The molecule has 0 bridgehead atoms. The third-order valence-corrected chi connectivity index (χ3v) is 6.08. The molecule has 0 aliphatic heterocycles. The average molecular weight is 471 g/mol. The van der Waals surface area contributed by atoms with Gasteiger partial charge >= 0.3 is 0 Å². The van der Waals surface area contributed by atoms with Gasteiger partial charge in [0.2, 0.25) is 0 Å². The van der Waals surface area contributed by atoms with E-state index in [2.05, 4.69) is 84.9 Å². The normalized spacial score (nSPS) is 11.6. The van der Waals surface area contributed by atoms with Gasteiger partial charge in [0.15, 0.2) is 0 Å². The maximum absolute atomic E-state index is 5.58. The molecule has 0 saturated carbocycles. The lowest BCUT2D eigenvalue weighted by atomic mass is 9.92. The van der Waals surface area contributed by atoms with Gasteiger partial charge in [-0.2, -0.15) is 0 Å². The number of fused-ring (bicyclic) bond motifs is 1. The molecule has 1 heteroatoms. The largest absolute Gasteiger partial charge is 0.457 e. The summed E-state index contributed by atoms with van der Waals surface area (Å²) in [6, 6.07) is 49.4. The summed E-state index contributed by atoms with van der Waals surface area (Å²) in [7, 11) is 0. The first-order valence-corrected chi connectivity index (χ1v) is 12.8. The van der Waals surface area contributed by atoms with Crippen molar-refractivity contribution in [2.45, 2.75) is 32.1 Å². The number of benzene rings is 5. The van der Waals surface area contributed by atoms with Crippen LogP contribution in [-0.4, -0.2) is 0 Å². The molecular formula is C35H34O. The highest BCUT2D eigenvalue weighted by atomic mass is 16.5. The summed E-state index contributed by atoms with van der Waals surface area (Å²) in [6.07, 6.45) is 6.40. The number of para-hydroxylation sites is 2. The smallest absolute Gasteiger partial charge is 0.127 e. The van der Waals surface area contributed by atoms with E-state index in [4.69, 9.17) is 4.74 Å². The monoisotopic (exact) mass is 470 g/mol. The number of rotatable bonds is 4. The fourth-order valence-corrected chi connectivity index (χ4v) is 4.22. The number of ether oxygens (including phenoxy) is 1. The Bertz CT molecular complexity index is 1070. The SMILES string of the molecule is c1ccc(Cc2ccccc2)cc1.c1ccc(Oc2ccccc2)cc1.c1ccc2c(c1)CCCC2. The standard InChI is InChI=1S/C13H12.C12H10O.C10H12/c1-3-7-12(8-4-1)11-13-9-5-2-6-10-13;1-3-7-11(8-4-1)13-12-9-5-2-6-10-12;1-2-6-10-8-4-3-7-9(10)5-1/h1-10H,11H2;1-10H;1-2,5-6H,3-4,7-8H2. The van der Waals surface area contributed by atoms with Crippen LogP contribution in [0.2, 0.25) is 0 Å². The first-order chi connectivity index (χ1) is 17.9. The van der Waals surface area contributed by atoms with Crippen LogP contribution in [0.15, 0.2) is 146 Å². The van der Waals surface area contributed by atoms with Gasteiger partial charge < -0.3 is 4.74 Å². The lowest BCUT2D eigenvalue weighted by molar-refractivity contribution is 0.482. The lowest BCUT2D eigenvalue weighted by Gasteiger charge is -2.13.